The van der Waals surface area contributed by atoms with Gasteiger partial charge < -0.3 is 34.4 Å². The molecule has 2 saturated heterocycles. The van der Waals surface area contributed by atoms with Gasteiger partial charge in [-0.1, -0.05) is 36.4 Å². The summed E-state index contributed by atoms with van der Waals surface area (Å²) in [5.74, 6) is -1.81. The molecule has 1 aliphatic carbocycles. The van der Waals surface area contributed by atoms with E-state index in [4.69, 9.17) is 9.47 Å². The summed E-state index contributed by atoms with van der Waals surface area (Å²) in [7, 11) is 3.49. The molecule has 2 atom stereocenters. The van der Waals surface area contributed by atoms with Crippen LogP contribution in [-0.4, -0.2) is 117 Å². The summed E-state index contributed by atoms with van der Waals surface area (Å²) >= 11 is 0. The highest BCUT2D eigenvalue weighted by atomic mass is 19.4. The Bertz CT molecular complexity index is 2410. The fourth-order valence-electron chi connectivity index (χ4n) is 10.0. The third-order valence-corrected chi connectivity index (χ3v) is 13.8. The number of fused-ring (bicyclic) bond motifs is 3. The molecule has 3 amide bonds. The summed E-state index contributed by atoms with van der Waals surface area (Å²) < 4.78 is 109. The van der Waals surface area contributed by atoms with Crippen molar-refractivity contribution >= 4 is 23.4 Å². The van der Waals surface area contributed by atoms with Crippen molar-refractivity contribution in [3.63, 3.8) is 0 Å². The molecule has 4 aromatic rings. The minimum Gasteiger partial charge on any atom is -0.384 e. The van der Waals surface area contributed by atoms with Crippen molar-refractivity contribution in [3.05, 3.63) is 135 Å². The van der Waals surface area contributed by atoms with Crippen LogP contribution in [-0.2, 0) is 50.5 Å². The zero-order chi connectivity index (χ0) is 47.0. The summed E-state index contributed by atoms with van der Waals surface area (Å²) in [6.07, 6.45) is -6.74. The van der Waals surface area contributed by atoms with E-state index in [0.717, 1.165) is 34.7 Å². The smallest absolute Gasteiger partial charge is 0.384 e. The minimum atomic E-state index is -5.13. The number of nitrogens with zero attached hydrogens (tertiary/aromatic N) is 4. The van der Waals surface area contributed by atoms with Crippen molar-refractivity contribution < 1.29 is 54.6 Å². The number of carbonyl (C=O) groups excluding carboxylic acids is 3. The summed E-state index contributed by atoms with van der Waals surface area (Å²) in [4.78, 5) is 46.8. The average molecular weight is 924 g/mol. The van der Waals surface area contributed by atoms with Crippen molar-refractivity contribution in [2.24, 2.45) is 0 Å². The lowest BCUT2D eigenvalue weighted by atomic mass is 9.72. The number of carbonyl (C=O) groups is 3. The van der Waals surface area contributed by atoms with Crippen molar-refractivity contribution in [1.29, 1.82) is 0 Å². The van der Waals surface area contributed by atoms with Gasteiger partial charge in [-0.2, -0.15) is 26.3 Å². The first kappa shape index (κ1) is 47.0. The number of halogens is 7. The molecule has 1 N–H and O–H groups in total. The van der Waals surface area contributed by atoms with Gasteiger partial charge in [0.1, 0.15) is 24.8 Å². The molecule has 4 aromatic carbocycles. The van der Waals surface area contributed by atoms with Crippen LogP contribution in [0, 0.1) is 5.82 Å². The first-order chi connectivity index (χ1) is 31.3. The molecule has 352 valence electrons. The first-order valence-electron chi connectivity index (χ1n) is 22.1. The lowest BCUT2D eigenvalue weighted by Crippen LogP contribution is -2.50. The number of alkyl halides is 6. The van der Waals surface area contributed by atoms with Gasteiger partial charge in [-0.15, -0.1) is 0 Å². The van der Waals surface area contributed by atoms with Crippen LogP contribution in [0.2, 0.25) is 0 Å². The number of anilines is 1. The van der Waals surface area contributed by atoms with E-state index in [1.807, 2.05) is 30.3 Å². The maximum absolute atomic E-state index is 14.1. The van der Waals surface area contributed by atoms with Crippen molar-refractivity contribution in [1.82, 2.24) is 19.6 Å². The van der Waals surface area contributed by atoms with Gasteiger partial charge in [-0.05, 0) is 122 Å². The number of ether oxygens (including phenoxy) is 2. The number of rotatable bonds is 13. The Morgan fingerprint density at radius 2 is 1.52 bits per heavy atom. The molecule has 0 radical (unpaired) electrons. The van der Waals surface area contributed by atoms with Gasteiger partial charge in [0.15, 0.2) is 0 Å². The standard InChI is InChI=1S/C49H52F7N5O5/c1-58(19-5-20-59(2)44(63)34-8-13-41-33(24-34)14-18-57-41)43(62)29-65-42-27-32-6-3-4-7-40(32)46(42)15-21-60(22-16-46)23-17-47(36-9-11-39(50)12-10-36)30-61(31-66-47)45(64)35-25-37(48(51,52)53)28-38(26-35)49(54,55)56/h3-4,6-13,24-26,28,42,57H,5,14-23,27,29-31H2,1-2H3/t42-,47-/m0/s1. The van der Waals surface area contributed by atoms with Crippen LogP contribution < -0.4 is 5.32 Å². The molecule has 0 saturated carbocycles. The Hall–Kier alpha value is -5.52. The second kappa shape index (κ2) is 18.6. The molecule has 10 nitrogen and oxygen atoms in total. The molecule has 0 unspecified atom stereocenters. The zero-order valence-electron chi connectivity index (χ0n) is 36.7. The molecule has 1 spiro atoms. The van der Waals surface area contributed by atoms with E-state index in [9.17, 15) is 45.1 Å². The topological polar surface area (TPSA) is 94.7 Å². The molecular formula is C49H52F7N5O5. The molecule has 17 heteroatoms. The Kier molecular flexibility index (Phi) is 13.3. The van der Waals surface area contributed by atoms with Crippen LogP contribution in [0.15, 0.2) is 84.9 Å². The van der Waals surface area contributed by atoms with Crippen LogP contribution in [0.4, 0.5) is 36.4 Å². The number of amides is 3. The second-order valence-electron chi connectivity index (χ2n) is 17.9. The number of benzene rings is 4. The lowest BCUT2D eigenvalue weighted by Gasteiger charge is -2.44. The van der Waals surface area contributed by atoms with Gasteiger partial charge in [0, 0.05) is 62.5 Å². The number of likely N-dealkylation sites (N-methyl/N-ethyl adjacent to an activating group) is 1. The molecule has 3 heterocycles. The van der Waals surface area contributed by atoms with Gasteiger partial charge in [0.2, 0.25) is 5.91 Å². The molecule has 2 fully saturated rings. The highest BCUT2D eigenvalue weighted by Crippen LogP contribution is 2.48. The lowest BCUT2D eigenvalue weighted by molar-refractivity contribution is -0.143. The summed E-state index contributed by atoms with van der Waals surface area (Å²) in [5, 5.41) is 3.30. The van der Waals surface area contributed by atoms with Crippen LogP contribution >= 0.6 is 0 Å². The van der Waals surface area contributed by atoms with Gasteiger partial charge in [0.05, 0.1) is 23.8 Å². The monoisotopic (exact) mass is 923 g/mol. The maximum Gasteiger partial charge on any atom is 0.416 e. The fourth-order valence-corrected chi connectivity index (χ4v) is 10.0. The largest absolute Gasteiger partial charge is 0.416 e. The SMILES string of the molecule is CN(CCCN(C)C(=O)c1ccc2c(c1)CCN2)C(=O)CO[C@H]1Cc2ccccc2C12CCN(CC[C@@]1(c3ccc(F)cc3)CN(C(=O)c3cc(C(F)(F)F)cc(C(F)(F)F)c3)CO1)CC2. The van der Waals surface area contributed by atoms with E-state index in [0.29, 0.717) is 81.7 Å². The van der Waals surface area contributed by atoms with Crippen LogP contribution in [0.1, 0.15) is 79.8 Å². The van der Waals surface area contributed by atoms with Crippen LogP contribution in [0.3, 0.4) is 0 Å². The van der Waals surface area contributed by atoms with E-state index >= 15 is 0 Å². The van der Waals surface area contributed by atoms with Gasteiger partial charge in [0.25, 0.3) is 11.8 Å². The average Bonchev–Trinajstić information content (AvgIpc) is 4.04. The second-order valence-corrected chi connectivity index (χ2v) is 17.9. The number of likely N-dealkylation sites (tertiary alicyclic amines) is 1. The van der Waals surface area contributed by atoms with Crippen molar-refractivity contribution in [2.45, 2.75) is 68.0 Å². The van der Waals surface area contributed by atoms with E-state index < -0.39 is 53.1 Å². The highest BCUT2D eigenvalue weighted by Gasteiger charge is 2.50. The summed E-state index contributed by atoms with van der Waals surface area (Å²) in [6.45, 7) is 2.77. The molecular weight excluding hydrogens is 872 g/mol. The normalized spacial score (nSPS) is 20.3. The fraction of sp³-hybridized carbons (Fsp3) is 0.449. The van der Waals surface area contributed by atoms with Crippen LogP contribution in [0.5, 0.6) is 0 Å². The third kappa shape index (κ3) is 9.79. The third-order valence-electron chi connectivity index (χ3n) is 13.8. The number of hydrogen-bond donors (Lipinski definition) is 1. The van der Waals surface area contributed by atoms with E-state index in [1.54, 1.807) is 23.9 Å². The van der Waals surface area contributed by atoms with E-state index in [-0.39, 0.29) is 49.0 Å². The quantitative estimate of drug-likeness (QED) is 0.136. The first-order valence-corrected chi connectivity index (χ1v) is 22.1. The Balaban J connectivity index is 0.887. The maximum atomic E-state index is 14.1. The molecule has 8 rings (SSSR count). The van der Waals surface area contributed by atoms with Crippen molar-refractivity contribution in [2.75, 3.05) is 78.6 Å². The van der Waals surface area contributed by atoms with Crippen LogP contribution in [0.25, 0.3) is 0 Å². The number of nitrogens with one attached hydrogen (secondary N) is 1. The predicted molar refractivity (Wildman–Crippen MR) is 231 cm³/mol. The number of piperidine rings is 1. The van der Waals surface area contributed by atoms with E-state index in [1.165, 1.54) is 29.8 Å². The molecule has 4 aliphatic rings. The Labute approximate surface area is 378 Å². The van der Waals surface area contributed by atoms with Gasteiger partial charge >= 0.3 is 12.4 Å². The summed E-state index contributed by atoms with van der Waals surface area (Å²) in [6, 6.07) is 20.2. The van der Waals surface area contributed by atoms with Crippen molar-refractivity contribution in [3.8, 4) is 0 Å². The van der Waals surface area contributed by atoms with Gasteiger partial charge in [-0.3, -0.25) is 14.4 Å². The zero-order valence-corrected chi connectivity index (χ0v) is 36.7. The molecule has 0 bridgehead atoms. The predicted octanol–water partition coefficient (Wildman–Crippen LogP) is 8.14. The van der Waals surface area contributed by atoms with E-state index in [2.05, 4.69) is 22.3 Å². The minimum absolute atomic E-state index is 0.0251. The molecule has 66 heavy (non-hydrogen) atoms. The summed E-state index contributed by atoms with van der Waals surface area (Å²) in [5.41, 5.74) is 0.101. The number of hydrogen-bond acceptors (Lipinski definition) is 7. The van der Waals surface area contributed by atoms with Gasteiger partial charge in [-0.25, -0.2) is 4.39 Å². The molecule has 0 aromatic heterocycles. The Morgan fingerprint density at radius 3 is 2.21 bits per heavy atom. The Morgan fingerprint density at radius 1 is 0.833 bits per heavy atom. The molecule has 3 aliphatic heterocycles. The highest BCUT2D eigenvalue weighted by molar-refractivity contribution is 5.95.